The van der Waals surface area contributed by atoms with Gasteiger partial charge in [0.05, 0.1) is 0 Å². The molecule has 0 spiro atoms. The van der Waals surface area contributed by atoms with Gasteiger partial charge in [-0.15, -0.1) is 6.58 Å². The lowest BCUT2D eigenvalue weighted by Crippen LogP contribution is -1.98. The maximum Gasteiger partial charge on any atom is -0.01000 e. The second kappa shape index (κ2) is 9.38. The van der Waals surface area contributed by atoms with E-state index in [1.165, 1.54) is 46.2 Å². The summed E-state index contributed by atoms with van der Waals surface area (Å²) >= 11 is 0. The van der Waals surface area contributed by atoms with Crippen molar-refractivity contribution in [3.8, 4) is 0 Å². The van der Waals surface area contributed by atoms with Gasteiger partial charge < -0.3 is 0 Å². The van der Waals surface area contributed by atoms with E-state index in [-0.39, 0.29) is 0 Å². The van der Waals surface area contributed by atoms with Gasteiger partial charge in [0.2, 0.25) is 0 Å². The lowest BCUT2D eigenvalue weighted by molar-refractivity contribution is 0.866. The van der Waals surface area contributed by atoms with E-state index in [4.69, 9.17) is 0 Å². The van der Waals surface area contributed by atoms with Crippen LogP contribution in [0.1, 0.15) is 66.0 Å². The van der Waals surface area contributed by atoms with Crippen LogP contribution in [0.4, 0.5) is 0 Å². The van der Waals surface area contributed by atoms with Gasteiger partial charge in [-0.25, -0.2) is 0 Å². The highest BCUT2D eigenvalue weighted by atomic mass is 14.1. The van der Waals surface area contributed by atoms with Crippen molar-refractivity contribution in [3.63, 3.8) is 0 Å². The summed E-state index contributed by atoms with van der Waals surface area (Å²) in [5.41, 5.74) is 9.36. The molecule has 0 unspecified atom stereocenters. The summed E-state index contributed by atoms with van der Waals surface area (Å²) in [5.74, 6) is 0.653. The van der Waals surface area contributed by atoms with Crippen LogP contribution in [0.25, 0.3) is 11.6 Å². The molecule has 0 aliphatic heterocycles. The second-order valence-corrected chi connectivity index (χ2v) is 7.47. The van der Waals surface area contributed by atoms with Gasteiger partial charge in [-0.2, -0.15) is 0 Å². The molecule has 0 saturated carbocycles. The van der Waals surface area contributed by atoms with E-state index in [9.17, 15) is 0 Å². The number of hydrogen-bond donors (Lipinski definition) is 0. The van der Waals surface area contributed by atoms with Gasteiger partial charge in [-0.1, -0.05) is 74.5 Å². The Morgan fingerprint density at radius 2 is 1.81 bits per heavy atom. The molecule has 1 aliphatic rings. The molecule has 1 aliphatic carbocycles. The molecule has 136 valence electrons. The van der Waals surface area contributed by atoms with Gasteiger partial charge in [-0.05, 0) is 78.5 Å². The fraction of sp³-hybridized carbons (Fsp3) is 0.308. The zero-order valence-corrected chi connectivity index (χ0v) is 16.8. The summed E-state index contributed by atoms with van der Waals surface area (Å²) in [5, 5.41) is 0. The van der Waals surface area contributed by atoms with E-state index in [1.807, 2.05) is 6.08 Å². The van der Waals surface area contributed by atoms with Crippen LogP contribution >= 0.6 is 0 Å². The number of hydrogen-bond acceptors (Lipinski definition) is 0. The third-order valence-corrected chi connectivity index (χ3v) is 4.88. The minimum absolute atomic E-state index is 0.653. The Labute approximate surface area is 160 Å². The first-order chi connectivity index (χ1) is 12.4. The summed E-state index contributed by atoms with van der Waals surface area (Å²) in [6, 6.07) is 13.3. The Balaban J connectivity index is 0.000000209. The quantitative estimate of drug-likeness (QED) is 0.499. The lowest BCUT2D eigenvalue weighted by atomic mass is 9.89. The summed E-state index contributed by atoms with van der Waals surface area (Å²) in [6.07, 6.45) is 9.58. The molecule has 0 radical (unpaired) electrons. The summed E-state index contributed by atoms with van der Waals surface area (Å²) < 4.78 is 0. The van der Waals surface area contributed by atoms with Crippen molar-refractivity contribution in [3.05, 3.63) is 95.1 Å². The minimum atomic E-state index is 0.653. The molecule has 0 saturated heterocycles. The Bertz CT molecular complexity index is 786. The molecule has 0 heterocycles. The highest BCUT2D eigenvalue weighted by Gasteiger charge is 2.09. The van der Waals surface area contributed by atoms with Gasteiger partial charge in [0.1, 0.15) is 0 Å². The van der Waals surface area contributed by atoms with Crippen molar-refractivity contribution in [2.24, 2.45) is 0 Å². The molecule has 0 nitrogen and oxygen atoms in total. The Morgan fingerprint density at radius 3 is 2.42 bits per heavy atom. The molecular formula is C26H32. The highest BCUT2D eigenvalue weighted by Crippen LogP contribution is 2.28. The maximum atomic E-state index is 4.13. The van der Waals surface area contributed by atoms with Crippen LogP contribution in [0.2, 0.25) is 0 Å². The number of benzene rings is 2. The summed E-state index contributed by atoms with van der Waals surface area (Å²) in [4.78, 5) is 0. The summed E-state index contributed by atoms with van der Waals surface area (Å²) in [7, 11) is 0. The molecule has 3 rings (SSSR count). The molecule has 2 aromatic carbocycles. The fourth-order valence-corrected chi connectivity index (χ4v) is 3.22. The lowest BCUT2D eigenvalue weighted by Gasteiger charge is -2.15. The first-order valence-electron chi connectivity index (χ1n) is 9.58. The molecule has 0 aromatic heterocycles. The zero-order valence-electron chi connectivity index (χ0n) is 16.8. The Morgan fingerprint density at radius 1 is 1.12 bits per heavy atom. The van der Waals surface area contributed by atoms with Gasteiger partial charge in [0, 0.05) is 0 Å². The van der Waals surface area contributed by atoms with Crippen molar-refractivity contribution >= 4 is 11.6 Å². The number of rotatable bonds is 4. The monoisotopic (exact) mass is 344 g/mol. The molecule has 0 bridgehead atoms. The van der Waals surface area contributed by atoms with Crippen LogP contribution < -0.4 is 0 Å². The van der Waals surface area contributed by atoms with E-state index >= 15 is 0 Å². The van der Waals surface area contributed by atoms with E-state index in [1.54, 1.807) is 0 Å². The molecule has 2 aromatic rings. The van der Waals surface area contributed by atoms with Crippen molar-refractivity contribution in [1.29, 1.82) is 0 Å². The Kier molecular flexibility index (Phi) is 7.21. The van der Waals surface area contributed by atoms with Crippen molar-refractivity contribution in [2.45, 2.75) is 52.9 Å². The standard InChI is InChI=1S/C16H18.C10H14/c1-4-7-12(2)16-11-15-9-6-5-8-14(15)10-13(16)3;1-8(2)10-6-4-9(3)5-7-10/h4,6,9-11H,1-2,5,7-8H2,3H3;4-8H,1-3H3. The molecule has 0 heteroatoms. The molecule has 0 fully saturated rings. The third-order valence-electron chi connectivity index (χ3n) is 4.88. The van der Waals surface area contributed by atoms with Crippen LogP contribution in [-0.2, 0) is 6.42 Å². The van der Waals surface area contributed by atoms with Crippen molar-refractivity contribution in [1.82, 2.24) is 0 Å². The van der Waals surface area contributed by atoms with E-state index in [2.05, 4.69) is 89.4 Å². The van der Waals surface area contributed by atoms with Gasteiger partial charge in [0.25, 0.3) is 0 Å². The molecule has 0 N–H and O–H groups in total. The normalized spacial score (nSPS) is 12.2. The first kappa shape index (κ1) is 20.0. The number of aryl methyl sites for hydroxylation is 3. The number of allylic oxidation sites excluding steroid dienone is 3. The van der Waals surface area contributed by atoms with Gasteiger partial charge >= 0.3 is 0 Å². The highest BCUT2D eigenvalue weighted by molar-refractivity contribution is 5.71. The van der Waals surface area contributed by atoms with Crippen molar-refractivity contribution in [2.75, 3.05) is 0 Å². The predicted molar refractivity (Wildman–Crippen MR) is 118 cm³/mol. The largest absolute Gasteiger partial charge is 0.103 e. The van der Waals surface area contributed by atoms with Crippen molar-refractivity contribution < 1.29 is 0 Å². The van der Waals surface area contributed by atoms with E-state index < -0.39 is 0 Å². The number of fused-ring (bicyclic) bond motifs is 1. The average Bonchev–Trinajstić information content (AvgIpc) is 2.62. The van der Waals surface area contributed by atoms with Crippen LogP contribution in [0.3, 0.4) is 0 Å². The fourth-order valence-electron chi connectivity index (χ4n) is 3.22. The minimum Gasteiger partial charge on any atom is -0.103 e. The zero-order chi connectivity index (χ0) is 19.1. The van der Waals surface area contributed by atoms with E-state index in [0.29, 0.717) is 5.92 Å². The van der Waals surface area contributed by atoms with E-state index in [0.717, 1.165) is 12.0 Å². The first-order valence-corrected chi connectivity index (χ1v) is 9.58. The smallest absolute Gasteiger partial charge is 0.01000 e. The maximum absolute atomic E-state index is 4.13. The van der Waals surface area contributed by atoms with Crippen LogP contribution in [0, 0.1) is 13.8 Å². The van der Waals surface area contributed by atoms with Gasteiger partial charge in [-0.3, -0.25) is 0 Å². The second-order valence-electron chi connectivity index (χ2n) is 7.47. The molecule has 0 atom stereocenters. The SMILES string of the molecule is C=CCC(=C)c1cc2c(cc1C)CCC=C2.Cc1ccc(C(C)C)cc1. The van der Waals surface area contributed by atoms with Gasteiger partial charge in [0.15, 0.2) is 0 Å². The Hall–Kier alpha value is -2.34. The molecular weight excluding hydrogens is 312 g/mol. The van der Waals surface area contributed by atoms with Crippen LogP contribution in [0.5, 0.6) is 0 Å². The van der Waals surface area contributed by atoms with Crippen LogP contribution in [-0.4, -0.2) is 0 Å². The summed E-state index contributed by atoms with van der Waals surface area (Å²) in [6.45, 7) is 16.6. The molecule has 26 heavy (non-hydrogen) atoms. The molecule has 0 amide bonds. The van der Waals surface area contributed by atoms with Crippen LogP contribution in [0.15, 0.2) is 61.7 Å². The average molecular weight is 345 g/mol. The third kappa shape index (κ3) is 5.33. The predicted octanol–water partition coefficient (Wildman–Crippen LogP) is 7.66. The topological polar surface area (TPSA) is 0 Å².